The number of hydrogen-bond acceptors (Lipinski definition) is 7. The van der Waals surface area contributed by atoms with E-state index in [9.17, 15) is 34.5 Å². The van der Waals surface area contributed by atoms with Crippen molar-refractivity contribution in [3.8, 4) is 0 Å². The Labute approximate surface area is 168 Å². The van der Waals surface area contributed by atoms with Gasteiger partial charge in [-0.1, -0.05) is 13.0 Å². The molecule has 1 fully saturated rings. The first-order chi connectivity index (χ1) is 13.5. The van der Waals surface area contributed by atoms with Gasteiger partial charge in [0.2, 0.25) is 11.6 Å². The number of aliphatic hydroxyl groups is 3. The average Bonchev–Trinajstić information content (AvgIpc) is 2.67. The molecule has 0 heterocycles. The Bertz CT molecular complexity index is 878. The Morgan fingerprint density at radius 1 is 1.21 bits per heavy atom. The Hall–Kier alpha value is -2.38. The fourth-order valence-electron chi connectivity index (χ4n) is 4.93. The van der Waals surface area contributed by atoms with Crippen molar-refractivity contribution in [3.63, 3.8) is 0 Å². The number of aliphatic hydroxyl groups excluding tert-OH is 3. The molecule has 0 aromatic carbocycles. The lowest BCUT2D eigenvalue weighted by molar-refractivity contribution is -0.149. The molecule has 3 aliphatic carbocycles. The highest BCUT2D eigenvalue weighted by atomic mass is 16.3. The number of ketones is 4. The zero-order valence-electron chi connectivity index (χ0n) is 16.6. The molecule has 3 N–H and O–H groups in total. The Kier molecular flexibility index (Phi) is 5.49. The molecule has 0 aliphatic heterocycles. The minimum Gasteiger partial charge on any atom is -0.507 e. The molecule has 0 aromatic heterocycles. The molecule has 5 atom stereocenters. The molecule has 3 aliphatic rings. The van der Waals surface area contributed by atoms with Gasteiger partial charge in [-0.2, -0.15) is 0 Å². The molecule has 0 spiro atoms. The summed E-state index contributed by atoms with van der Waals surface area (Å²) in [4.78, 5) is 50.0. The maximum absolute atomic E-state index is 13.3. The number of hydrogen-bond donors (Lipinski definition) is 3. The Morgan fingerprint density at radius 2 is 1.86 bits per heavy atom. The second-order valence-corrected chi connectivity index (χ2v) is 8.54. The molecule has 156 valence electrons. The maximum Gasteiger partial charge on any atom is 0.233 e. The van der Waals surface area contributed by atoms with Crippen LogP contribution >= 0.6 is 0 Å². The van der Waals surface area contributed by atoms with Crippen LogP contribution in [0.15, 0.2) is 35.1 Å². The van der Waals surface area contributed by atoms with E-state index in [2.05, 4.69) is 6.58 Å². The largest absolute Gasteiger partial charge is 0.507 e. The summed E-state index contributed by atoms with van der Waals surface area (Å²) in [5, 5.41) is 32.0. The van der Waals surface area contributed by atoms with E-state index in [0.29, 0.717) is 19.3 Å². The van der Waals surface area contributed by atoms with E-state index in [1.807, 2.05) is 0 Å². The maximum atomic E-state index is 13.3. The van der Waals surface area contributed by atoms with Gasteiger partial charge >= 0.3 is 0 Å². The summed E-state index contributed by atoms with van der Waals surface area (Å²) >= 11 is 0. The van der Waals surface area contributed by atoms with E-state index in [1.54, 1.807) is 6.92 Å². The summed E-state index contributed by atoms with van der Waals surface area (Å²) in [5.41, 5.74) is -1.24. The lowest BCUT2D eigenvalue weighted by atomic mass is 9.55. The summed E-state index contributed by atoms with van der Waals surface area (Å²) in [7, 11) is 0. The molecular formula is C22H26O7. The predicted molar refractivity (Wildman–Crippen MR) is 103 cm³/mol. The van der Waals surface area contributed by atoms with Gasteiger partial charge in [-0.3, -0.25) is 14.4 Å². The normalized spacial score (nSPS) is 34.8. The van der Waals surface area contributed by atoms with Gasteiger partial charge in [-0.05, 0) is 32.6 Å². The van der Waals surface area contributed by atoms with Crippen LogP contribution in [0.2, 0.25) is 0 Å². The van der Waals surface area contributed by atoms with Gasteiger partial charge in [0.25, 0.3) is 0 Å². The van der Waals surface area contributed by atoms with Crippen molar-refractivity contribution in [2.45, 2.75) is 58.2 Å². The van der Waals surface area contributed by atoms with Gasteiger partial charge in [-0.25, -0.2) is 0 Å². The van der Waals surface area contributed by atoms with Crippen molar-refractivity contribution in [1.29, 1.82) is 0 Å². The van der Waals surface area contributed by atoms with Gasteiger partial charge in [0, 0.05) is 34.5 Å². The molecule has 0 bridgehead atoms. The Balaban J connectivity index is 2.07. The van der Waals surface area contributed by atoms with Crippen LogP contribution in [0.3, 0.4) is 0 Å². The van der Waals surface area contributed by atoms with E-state index in [1.165, 1.54) is 13.0 Å². The van der Waals surface area contributed by atoms with Gasteiger partial charge < -0.3 is 20.1 Å². The van der Waals surface area contributed by atoms with Crippen LogP contribution in [-0.2, 0) is 19.2 Å². The first kappa shape index (κ1) is 21.3. The highest BCUT2D eigenvalue weighted by Gasteiger charge is 2.57. The van der Waals surface area contributed by atoms with Crippen molar-refractivity contribution in [1.82, 2.24) is 0 Å². The molecule has 0 unspecified atom stereocenters. The second-order valence-electron chi connectivity index (χ2n) is 8.54. The molecule has 7 nitrogen and oxygen atoms in total. The minimum absolute atomic E-state index is 0.0479. The third-order valence-electron chi connectivity index (χ3n) is 6.63. The van der Waals surface area contributed by atoms with Crippen molar-refractivity contribution in [2.24, 2.45) is 17.3 Å². The van der Waals surface area contributed by atoms with Crippen molar-refractivity contribution >= 4 is 23.1 Å². The highest BCUT2D eigenvalue weighted by molar-refractivity contribution is 6.50. The van der Waals surface area contributed by atoms with Crippen LogP contribution in [0, 0.1) is 17.3 Å². The van der Waals surface area contributed by atoms with Crippen molar-refractivity contribution < 1.29 is 34.5 Å². The number of rotatable bonds is 5. The van der Waals surface area contributed by atoms with Gasteiger partial charge in [0.1, 0.15) is 23.4 Å². The van der Waals surface area contributed by atoms with Crippen molar-refractivity contribution in [2.75, 3.05) is 0 Å². The zero-order valence-corrected chi connectivity index (χ0v) is 16.6. The molecular weight excluding hydrogens is 376 g/mol. The molecule has 0 aromatic rings. The zero-order chi connectivity index (χ0) is 21.7. The molecule has 0 saturated heterocycles. The summed E-state index contributed by atoms with van der Waals surface area (Å²) in [6, 6.07) is 0. The van der Waals surface area contributed by atoms with Crippen LogP contribution in [-0.4, -0.2) is 50.7 Å². The van der Waals surface area contributed by atoms with Gasteiger partial charge in [0.05, 0.1) is 12.0 Å². The summed E-state index contributed by atoms with van der Waals surface area (Å²) in [6.07, 6.45) is -0.618. The van der Waals surface area contributed by atoms with Gasteiger partial charge in [0.15, 0.2) is 0 Å². The predicted octanol–water partition coefficient (Wildman–Crippen LogP) is 1.53. The van der Waals surface area contributed by atoms with E-state index in [-0.39, 0.29) is 41.1 Å². The van der Waals surface area contributed by atoms with Crippen LogP contribution in [0.25, 0.3) is 0 Å². The SMILES string of the molecule is C=CCC1=C(O)C2=C(C(=O)C1=O)[C@H]1CC[C@](C)(CCC(C)=O)C(=O)[C@@H]1[C@H](O)[C@H]2O. The van der Waals surface area contributed by atoms with Crippen LogP contribution < -0.4 is 0 Å². The molecule has 0 radical (unpaired) electrons. The minimum atomic E-state index is -1.66. The molecule has 0 amide bonds. The van der Waals surface area contributed by atoms with Crippen molar-refractivity contribution in [3.05, 3.63) is 35.1 Å². The third kappa shape index (κ3) is 3.22. The van der Waals surface area contributed by atoms with Crippen LogP contribution in [0.1, 0.15) is 46.0 Å². The fourth-order valence-corrected chi connectivity index (χ4v) is 4.93. The third-order valence-corrected chi connectivity index (χ3v) is 6.63. The summed E-state index contributed by atoms with van der Waals surface area (Å²) in [6.45, 7) is 6.67. The van der Waals surface area contributed by atoms with E-state index < -0.39 is 46.8 Å². The molecule has 29 heavy (non-hydrogen) atoms. The average molecular weight is 402 g/mol. The fraction of sp³-hybridized carbons (Fsp3) is 0.545. The van der Waals surface area contributed by atoms with Crippen LogP contribution in [0.4, 0.5) is 0 Å². The smallest absolute Gasteiger partial charge is 0.233 e. The molecule has 7 heteroatoms. The van der Waals surface area contributed by atoms with E-state index in [4.69, 9.17) is 0 Å². The first-order valence-corrected chi connectivity index (χ1v) is 9.81. The molecule has 1 saturated carbocycles. The number of carbonyl (C=O) groups is 4. The number of fused-ring (bicyclic) bond motifs is 2. The van der Waals surface area contributed by atoms with E-state index >= 15 is 0 Å². The highest BCUT2D eigenvalue weighted by Crippen LogP contribution is 2.52. The number of carbonyl (C=O) groups excluding carboxylic acids is 4. The monoisotopic (exact) mass is 402 g/mol. The second kappa shape index (κ2) is 7.46. The lowest BCUT2D eigenvalue weighted by Gasteiger charge is -2.48. The summed E-state index contributed by atoms with van der Waals surface area (Å²) in [5.74, 6) is -4.43. The number of allylic oxidation sites excluding steroid dienone is 3. The van der Waals surface area contributed by atoms with Gasteiger partial charge in [-0.15, -0.1) is 6.58 Å². The molecule has 3 rings (SSSR count). The number of Topliss-reactive ketones (excluding diaryl/α,β-unsaturated/α-hetero) is 4. The van der Waals surface area contributed by atoms with Crippen LogP contribution in [0.5, 0.6) is 0 Å². The lowest BCUT2D eigenvalue weighted by Crippen LogP contribution is -2.56. The summed E-state index contributed by atoms with van der Waals surface area (Å²) < 4.78 is 0. The topological polar surface area (TPSA) is 129 Å². The Morgan fingerprint density at radius 3 is 2.45 bits per heavy atom. The van der Waals surface area contributed by atoms with E-state index in [0.717, 1.165) is 0 Å². The quantitative estimate of drug-likeness (QED) is 0.361. The standard InChI is InChI=1S/C22H26O7/c1-4-5-12-16(24)15-13(18(26)17(12)25)11-7-9-22(3,8-6-10(2)23)21(29)14(11)19(27)20(15)28/h4,11,14,19-20,24,27-28H,1,5-9H2,2-3H3/t11-,14+,19+,20+,22+/m1/s1. The first-order valence-electron chi connectivity index (χ1n) is 9.81.